The second-order valence-electron chi connectivity index (χ2n) is 7.68. The SMILES string of the molecule is CCOC(=O)c1c(C)nc(SC)nc1N1CCN(C(=O)OC(C)(C)C)[C@H](C)C1. The Hall–Kier alpha value is -2.03. The summed E-state index contributed by atoms with van der Waals surface area (Å²) < 4.78 is 10.7. The van der Waals surface area contributed by atoms with E-state index in [9.17, 15) is 9.59 Å². The molecule has 0 aromatic carbocycles. The number of aromatic nitrogens is 2. The number of aryl methyl sites for hydroxylation is 1. The van der Waals surface area contributed by atoms with Crippen LogP contribution in [0.3, 0.4) is 0 Å². The van der Waals surface area contributed by atoms with Crippen LogP contribution < -0.4 is 4.90 Å². The molecular formula is C19H30N4O4S. The van der Waals surface area contributed by atoms with Crippen LogP contribution in [0.1, 0.15) is 50.7 Å². The predicted octanol–water partition coefficient (Wildman–Crippen LogP) is 3.13. The van der Waals surface area contributed by atoms with Crippen molar-refractivity contribution in [3.05, 3.63) is 11.3 Å². The maximum Gasteiger partial charge on any atom is 0.410 e. The molecule has 1 aliphatic rings. The van der Waals surface area contributed by atoms with Crippen molar-refractivity contribution in [1.82, 2.24) is 14.9 Å². The van der Waals surface area contributed by atoms with Gasteiger partial charge in [0.1, 0.15) is 17.0 Å². The summed E-state index contributed by atoms with van der Waals surface area (Å²) in [7, 11) is 0. The van der Waals surface area contributed by atoms with E-state index in [0.29, 0.717) is 41.9 Å². The Labute approximate surface area is 171 Å². The van der Waals surface area contributed by atoms with E-state index in [1.165, 1.54) is 11.8 Å². The first-order valence-corrected chi connectivity index (χ1v) is 10.6. The Morgan fingerprint density at radius 1 is 1.25 bits per heavy atom. The van der Waals surface area contributed by atoms with Gasteiger partial charge in [-0.3, -0.25) is 0 Å². The van der Waals surface area contributed by atoms with Crippen LogP contribution in [0.25, 0.3) is 0 Å². The number of esters is 1. The van der Waals surface area contributed by atoms with Crippen molar-refractivity contribution in [2.24, 2.45) is 0 Å². The van der Waals surface area contributed by atoms with E-state index < -0.39 is 11.6 Å². The molecule has 2 heterocycles. The smallest absolute Gasteiger partial charge is 0.410 e. The van der Waals surface area contributed by atoms with Gasteiger partial charge in [0, 0.05) is 25.7 Å². The number of ether oxygens (including phenoxy) is 2. The van der Waals surface area contributed by atoms with Crippen molar-refractivity contribution in [3.8, 4) is 0 Å². The second-order valence-corrected chi connectivity index (χ2v) is 8.46. The molecule has 9 heteroatoms. The predicted molar refractivity (Wildman–Crippen MR) is 109 cm³/mol. The first kappa shape index (κ1) is 22.3. The lowest BCUT2D eigenvalue weighted by molar-refractivity contribution is 0.0157. The number of hydrogen-bond donors (Lipinski definition) is 0. The highest BCUT2D eigenvalue weighted by atomic mass is 32.2. The third kappa shape index (κ3) is 5.27. The molecule has 0 aliphatic carbocycles. The molecule has 0 unspecified atom stereocenters. The van der Waals surface area contributed by atoms with E-state index in [1.807, 2.05) is 38.9 Å². The number of anilines is 1. The van der Waals surface area contributed by atoms with Crippen molar-refractivity contribution >= 4 is 29.6 Å². The maximum atomic E-state index is 12.5. The molecule has 8 nitrogen and oxygen atoms in total. The van der Waals surface area contributed by atoms with E-state index in [1.54, 1.807) is 18.7 Å². The van der Waals surface area contributed by atoms with Crippen LogP contribution in [-0.4, -0.2) is 71.1 Å². The van der Waals surface area contributed by atoms with Gasteiger partial charge in [-0.2, -0.15) is 0 Å². The van der Waals surface area contributed by atoms with Crippen molar-refractivity contribution in [2.45, 2.75) is 58.3 Å². The fourth-order valence-electron chi connectivity index (χ4n) is 3.04. The summed E-state index contributed by atoms with van der Waals surface area (Å²) in [5.41, 5.74) is 0.440. The molecular weight excluding hydrogens is 380 g/mol. The zero-order valence-electron chi connectivity index (χ0n) is 17.7. The molecule has 1 aromatic heterocycles. The molecule has 0 radical (unpaired) electrons. The fourth-order valence-corrected chi connectivity index (χ4v) is 3.44. The summed E-state index contributed by atoms with van der Waals surface area (Å²) in [6.07, 6.45) is 1.57. The Morgan fingerprint density at radius 3 is 2.46 bits per heavy atom. The Balaban J connectivity index is 2.28. The van der Waals surface area contributed by atoms with Gasteiger partial charge in [0.25, 0.3) is 0 Å². The molecule has 1 saturated heterocycles. The number of carbonyl (C=O) groups excluding carboxylic acids is 2. The summed E-state index contributed by atoms with van der Waals surface area (Å²) in [6.45, 7) is 12.9. The molecule has 0 spiro atoms. The molecule has 1 aromatic rings. The molecule has 0 saturated carbocycles. The average Bonchev–Trinajstić information content (AvgIpc) is 2.59. The van der Waals surface area contributed by atoms with E-state index in [-0.39, 0.29) is 18.7 Å². The maximum absolute atomic E-state index is 12.5. The number of piperazine rings is 1. The van der Waals surface area contributed by atoms with Crippen molar-refractivity contribution in [3.63, 3.8) is 0 Å². The van der Waals surface area contributed by atoms with Gasteiger partial charge < -0.3 is 19.3 Å². The lowest BCUT2D eigenvalue weighted by Crippen LogP contribution is -2.55. The third-order valence-corrected chi connectivity index (χ3v) is 4.82. The third-order valence-electron chi connectivity index (χ3n) is 4.27. The summed E-state index contributed by atoms with van der Waals surface area (Å²) in [6, 6.07) is -0.0911. The van der Waals surface area contributed by atoms with Crippen LogP contribution in [-0.2, 0) is 9.47 Å². The minimum Gasteiger partial charge on any atom is -0.462 e. The standard InChI is InChI=1S/C19H30N4O4S/c1-8-26-16(24)14-13(3)20-17(28-7)21-15(14)22-9-10-23(12(2)11-22)18(25)27-19(4,5)6/h12H,8-11H2,1-7H3/t12-/m1/s1. The van der Waals surface area contributed by atoms with Crippen LogP contribution >= 0.6 is 11.8 Å². The van der Waals surface area contributed by atoms with Crippen LogP contribution in [0.4, 0.5) is 10.6 Å². The van der Waals surface area contributed by atoms with E-state index in [4.69, 9.17) is 9.47 Å². The number of thioether (sulfide) groups is 1. The van der Waals surface area contributed by atoms with Crippen LogP contribution in [0.15, 0.2) is 5.16 Å². The molecule has 156 valence electrons. The zero-order valence-corrected chi connectivity index (χ0v) is 18.6. The number of carbonyl (C=O) groups is 2. The van der Waals surface area contributed by atoms with Crippen LogP contribution in [0, 0.1) is 6.92 Å². The topological polar surface area (TPSA) is 84.9 Å². The van der Waals surface area contributed by atoms with Gasteiger partial charge in [-0.05, 0) is 47.8 Å². The highest BCUT2D eigenvalue weighted by Gasteiger charge is 2.33. The molecule has 28 heavy (non-hydrogen) atoms. The molecule has 1 fully saturated rings. The van der Waals surface area contributed by atoms with Crippen LogP contribution in [0.5, 0.6) is 0 Å². The van der Waals surface area contributed by atoms with Gasteiger partial charge in [0.2, 0.25) is 0 Å². The number of hydrogen-bond acceptors (Lipinski definition) is 8. The summed E-state index contributed by atoms with van der Waals surface area (Å²) in [4.78, 5) is 37.7. The van der Waals surface area contributed by atoms with Gasteiger partial charge in [-0.15, -0.1) is 0 Å². The summed E-state index contributed by atoms with van der Waals surface area (Å²) >= 11 is 1.42. The molecule has 0 bridgehead atoms. The van der Waals surface area contributed by atoms with E-state index in [0.717, 1.165) is 0 Å². The zero-order chi connectivity index (χ0) is 21.1. The summed E-state index contributed by atoms with van der Waals surface area (Å²) in [5.74, 6) is 0.135. The fraction of sp³-hybridized carbons (Fsp3) is 0.684. The van der Waals surface area contributed by atoms with Gasteiger partial charge in [-0.25, -0.2) is 19.6 Å². The molecule has 0 N–H and O–H groups in total. The van der Waals surface area contributed by atoms with Crippen LogP contribution in [0.2, 0.25) is 0 Å². The number of rotatable bonds is 4. The minimum atomic E-state index is -0.540. The van der Waals surface area contributed by atoms with Gasteiger partial charge in [-0.1, -0.05) is 11.8 Å². The molecule has 1 atom stereocenters. The second kappa shape index (κ2) is 8.98. The molecule has 1 amide bonds. The van der Waals surface area contributed by atoms with Crippen molar-refractivity contribution in [2.75, 3.05) is 37.4 Å². The Morgan fingerprint density at radius 2 is 1.93 bits per heavy atom. The number of nitrogens with zero attached hydrogens (tertiary/aromatic N) is 4. The Kier molecular flexibility index (Phi) is 7.14. The van der Waals surface area contributed by atoms with E-state index >= 15 is 0 Å². The first-order chi connectivity index (χ1) is 13.1. The molecule has 1 aliphatic heterocycles. The van der Waals surface area contributed by atoms with Crippen molar-refractivity contribution < 1.29 is 19.1 Å². The minimum absolute atomic E-state index is 0.0911. The normalized spacial score (nSPS) is 17.5. The monoisotopic (exact) mass is 410 g/mol. The van der Waals surface area contributed by atoms with Gasteiger partial charge >= 0.3 is 12.1 Å². The van der Waals surface area contributed by atoms with Gasteiger partial charge in [0.15, 0.2) is 5.16 Å². The quantitative estimate of drug-likeness (QED) is 0.425. The lowest BCUT2D eigenvalue weighted by atomic mass is 10.1. The van der Waals surface area contributed by atoms with Gasteiger partial charge in [0.05, 0.1) is 12.3 Å². The van der Waals surface area contributed by atoms with Crippen molar-refractivity contribution in [1.29, 1.82) is 0 Å². The highest BCUT2D eigenvalue weighted by Crippen LogP contribution is 2.27. The lowest BCUT2D eigenvalue weighted by Gasteiger charge is -2.41. The largest absolute Gasteiger partial charge is 0.462 e. The number of amides is 1. The molecule has 2 rings (SSSR count). The summed E-state index contributed by atoms with van der Waals surface area (Å²) in [5, 5.41) is 0.600. The average molecular weight is 411 g/mol. The Bertz CT molecular complexity index is 735. The highest BCUT2D eigenvalue weighted by molar-refractivity contribution is 7.98. The first-order valence-electron chi connectivity index (χ1n) is 9.41. The van der Waals surface area contributed by atoms with E-state index in [2.05, 4.69) is 9.97 Å².